The van der Waals surface area contributed by atoms with Crippen LogP contribution in [0, 0.1) is 0 Å². The van der Waals surface area contributed by atoms with Gasteiger partial charge in [-0.25, -0.2) is 0 Å². The summed E-state index contributed by atoms with van der Waals surface area (Å²) in [6.07, 6.45) is 0. The van der Waals surface area contributed by atoms with E-state index >= 15 is 0 Å². The van der Waals surface area contributed by atoms with Gasteiger partial charge in [-0.15, -0.1) is 21.9 Å². The van der Waals surface area contributed by atoms with Crippen molar-refractivity contribution in [2.75, 3.05) is 0 Å². The normalized spacial score (nSPS) is 11.5. The molecule has 0 unspecified atom stereocenters. The third-order valence-corrected chi connectivity index (χ3v) is 8.64. The summed E-state index contributed by atoms with van der Waals surface area (Å²) in [7, 11) is 53.4. The maximum absolute atomic E-state index is 6.84. The van der Waals surface area contributed by atoms with E-state index in [1.807, 2.05) is 78.9 Å². The molecule has 0 amide bonds. The van der Waals surface area contributed by atoms with Crippen molar-refractivity contribution in [2.45, 2.75) is 0 Å². The Labute approximate surface area is 268 Å². The number of rotatable bonds is 3. The summed E-state index contributed by atoms with van der Waals surface area (Å²) in [5, 5.41) is 4.52. The van der Waals surface area contributed by atoms with Gasteiger partial charge in [-0.3, -0.25) is 0 Å². The van der Waals surface area contributed by atoms with E-state index in [9.17, 15) is 0 Å². The lowest BCUT2D eigenvalue weighted by Gasteiger charge is -2.28. The number of hydrogen-bond donors (Lipinski definition) is 0. The Morgan fingerprint density at radius 2 is 0.636 bits per heavy atom. The largest absolute Gasteiger partial charge is 0.113 e. The van der Waals surface area contributed by atoms with Crippen molar-refractivity contribution in [1.82, 2.24) is 0 Å². The second-order valence-corrected chi connectivity index (χ2v) is 11.1. The summed E-state index contributed by atoms with van der Waals surface area (Å²) in [6.45, 7) is 0. The van der Waals surface area contributed by atoms with Crippen LogP contribution in [0.3, 0.4) is 0 Å². The van der Waals surface area contributed by atoms with Crippen LogP contribution in [-0.2, 0) is 0 Å². The molecule has 184 valence electrons. The minimum absolute atomic E-state index is 0.191. The molecule has 8 heteroatoms. The van der Waals surface area contributed by atoms with Gasteiger partial charge >= 0.3 is 0 Å². The highest BCUT2D eigenvalue weighted by atomic mass is 14.2. The van der Waals surface area contributed by atoms with E-state index in [-0.39, 0.29) is 43.7 Å². The molecule has 0 heterocycles. The standard InChI is InChI=1S/C36H16B8/c37-29-25-23(20-13-10-19(11-14-20)17-6-2-1-3-7-17)26-28(32(40)36(44)34(42)30(26)38)24(27(25)31(39)35(43)33(29)41)22-15-12-18-8-4-5-9-21(18)16-22/h1-16H. The van der Waals surface area contributed by atoms with Crippen LogP contribution in [0.4, 0.5) is 0 Å². The van der Waals surface area contributed by atoms with Crippen LogP contribution in [0.2, 0.25) is 0 Å². The molecule has 7 rings (SSSR count). The Balaban J connectivity index is 1.71. The Morgan fingerprint density at radius 1 is 0.273 bits per heavy atom. The van der Waals surface area contributed by atoms with Gasteiger partial charge in [0.2, 0.25) is 0 Å². The van der Waals surface area contributed by atoms with Gasteiger partial charge < -0.3 is 0 Å². The lowest BCUT2D eigenvalue weighted by Crippen LogP contribution is -2.50. The van der Waals surface area contributed by atoms with E-state index < -0.39 is 0 Å². The molecule has 0 nitrogen and oxygen atoms in total. The Kier molecular flexibility index (Phi) is 7.00. The first-order chi connectivity index (χ1) is 21.2. The fourth-order valence-corrected chi connectivity index (χ4v) is 6.33. The summed E-state index contributed by atoms with van der Waals surface area (Å²) in [5.41, 5.74) is 7.05. The molecule has 0 saturated carbocycles. The smallest absolute Gasteiger partial charge is 0.110 e. The highest BCUT2D eigenvalue weighted by Crippen LogP contribution is 2.41. The molecule has 0 aliphatic rings. The van der Waals surface area contributed by atoms with Crippen LogP contribution in [-0.4, -0.2) is 62.8 Å². The van der Waals surface area contributed by atoms with E-state index in [2.05, 4.69) is 18.2 Å². The molecule has 7 aromatic carbocycles. The van der Waals surface area contributed by atoms with Crippen molar-refractivity contribution in [2.24, 2.45) is 0 Å². The van der Waals surface area contributed by atoms with Crippen LogP contribution in [0.15, 0.2) is 97.1 Å². The molecule has 0 bridgehead atoms. The van der Waals surface area contributed by atoms with Crippen LogP contribution in [0.5, 0.6) is 0 Å². The second kappa shape index (κ2) is 10.8. The van der Waals surface area contributed by atoms with E-state index in [1.54, 1.807) is 0 Å². The van der Waals surface area contributed by atoms with Crippen molar-refractivity contribution in [3.05, 3.63) is 97.1 Å². The second-order valence-electron chi connectivity index (χ2n) is 11.1. The minimum atomic E-state index is 0.191. The SMILES string of the molecule is [B]c1c([B])c([B])c2c(-c3ccc4ccccc4c3)c3c([B])c([B])c([B])c([B])c3c(-c3ccc(-c4ccccc4)cc3)c2c1[B]. The van der Waals surface area contributed by atoms with Crippen LogP contribution in [0.1, 0.15) is 0 Å². The van der Waals surface area contributed by atoms with Gasteiger partial charge in [-0.1, -0.05) is 113 Å². The molecule has 0 aliphatic heterocycles. The first kappa shape index (κ1) is 28.6. The Hall–Kier alpha value is -4.16. The molecular weight excluding hydrogens is 519 g/mol. The molecule has 0 fully saturated rings. The average molecular weight is 535 g/mol. The molecule has 0 N–H and O–H groups in total. The van der Waals surface area contributed by atoms with Gasteiger partial charge in [-0.05, 0) is 71.8 Å². The van der Waals surface area contributed by atoms with Crippen molar-refractivity contribution in [1.29, 1.82) is 0 Å². The summed E-state index contributed by atoms with van der Waals surface area (Å²) in [4.78, 5) is 0. The Bertz CT molecular complexity index is 2210. The number of fused-ring (bicyclic) bond motifs is 3. The predicted molar refractivity (Wildman–Crippen MR) is 198 cm³/mol. The average Bonchev–Trinajstić information content (AvgIpc) is 3.06. The number of benzene rings is 7. The summed E-state index contributed by atoms with van der Waals surface area (Å²) in [6, 6.07) is 32.4. The molecule has 0 spiro atoms. The van der Waals surface area contributed by atoms with E-state index in [1.165, 1.54) is 0 Å². The molecule has 44 heavy (non-hydrogen) atoms. The third-order valence-electron chi connectivity index (χ3n) is 8.64. The molecular formula is C36H16B8. The zero-order valence-electron chi connectivity index (χ0n) is 23.9. The van der Waals surface area contributed by atoms with Crippen LogP contribution in [0.25, 0.3) is 65.7 Å². The Morgan fingerprint density at radius 3 is 1.14 bits per heavy atom. The molecule has 7 aromatic rings. The molecule has 0 atom stereocenters. The molecule has 0 aliphatic carbocycles. The van der Waals surface area contributed by atoms with Gasteiger partial charge in [-0.2, -0.15) is 0 Å². The van der Waals surface area contributed by atoms with E-state index in [0.29, 0.717) is 32.7 Å². The van der Waals surface area contributed by atoms with Crippen molar-refractivity contribution in [3.8, 4) is 33.4 Å². The third kappa shape index (κ3) is 4.26. The molecule has 0 saturated heterocycles. The fourth-order valence-electron chi connectivity index (χ4n) is 6.33. The fraction of sp³-hybridized carbons (Fsp3) is 0. The topological polar surface area (TPSA) is 0 Å². The van der Waals surface area contributed by atoms with Crippen LogP contribution < -0.4 is 43.7 Å². The van der Waals surface area contributed by atoms with Crippen molar-refractivity contribution >= 4 is 139 Å². The summed E-state index contributed by atoms with van der Waals surface area (Å²) < 4.78 is 0. The highest BCUT2D eigenvalue weighted by molar-refractivity contribution is 6.71. The number of hydrogen-bond acceptors (Lipinski definition) is 0. The van der Waals surface area contributed by atoms with Gasteiger partial charge in [0.1, 0.15) is 62.8 Å². The highest BCUT2D eigenvalue weighted by Gasteiger charge is 2.24. The minimum Gasteiger partial charge on any atom is -0.110 e. The maximum atomic E-state index is 6.84. The van der Waals surface area contributed by atoms with Gasteiger partial charge in [0.15, 0.2) is 0 Å². The molecule has 16 radical (unpaired) electrons. The van der Waals surface area contributed by atoms with E-state index in [4.69, 9.17) is 62.8 Å². The zero-order chi connectivity index (χ0) is 30.9. The van der Waals surface area contributed by atoms with Crippen molar-refractivity contribution < 1.29 is 0 Å². The van der Waals surface area contributed by atoms with E-state index in [0.717, 1.165) is 33.0 Å². The van der Waals surface area contributed by atoms with Gasteiger partial charge in [0, 0.05) is 0 Å². The van der Waals surface area contributed by atoms with Gasteiger partial charge in [0.25, 0.3) is 0 Å². The lowest BCUT2D eigenvalue weighted by molar-refractivity contribution is 1.62. The quantitative estimate of drug-likeness (QED) is 0.229. The lowest BCUT2D eigenvalue weighted by atomic mass is 9.59. The first-order valence-electron chi connectivity index (χ1n) is 14.1. The molecule has 0 aromatic heterocycles. The maximum Gasteiger partial charge on any atom is 0.113 e. The summed E-state index contributed by atoms with van der Waals surface area (Å²) in [5.74, 6) is 0. The predicted octanol–water partition coefficient (Wildman–Crippen LogP) is 0.498. The van der Waals surface area contributed by atoms with Gasteiger partial charge in [0.05, 0.1) is 0 Å². The van der Waals surface area contributed by atoms with Crippen molar-refractivity contribution in [3.63, 3.8) is 0 Å². The summed E-state index contributed by atoms with van der Waals surface area (Å²) >= 11 is 0. The zero-order valence-corrected chi connectivity index (χ0v) is 23.9. The van der Waals surface area contributed by atoms with Crippen LogP contribution >= 0.6 is 0 Å². The monoisotopic (exact) mass is 536 g/mol. The first-order valence-corrected chi connectivity index (χ1v) is 14.1.